The molecule has 36 heavy (non-hydrogen) atoms. The van der Waals surface area contributed by atoms with Gasteiger partial charge in [0.05, 0.1) is 0 Å². The summed E-state index contributed by atoms with van der Waals surface area (Å²) in [6.45, 7) is 2.99. The van der Waals surface area contributed by atoms with Gasteiger partial charge in [0.2, 0.25) is 17.5 Å². The van der Waals surface area contributed by atoms with E-state index in [4.69, 9.17) is 0 Å². The van der Waals surface area contributed by atoms with Crippen LogP contribution in [-0.2, 0) is 9.59 Å². The molecule has 6 heteroatoms. The molecule has 0 aliphatic heterocycles. The summed E-state index contributed by atoms with van der Waals surface area (Å²) in [7, 11) is 0. The van der Waals surface area contributed by atoms with Crippen LogP contribution < -0.4 is 15.6 Å². The van der Waals surface area contributed by atoms with Crippen molar-refractivity contribution in [1.82, 2.24) is 4.98 Å². The van der Waals surface area contributed by atoms with E-state index in [1.807, 2.05) is 97.2 Å². The Labute approximate surface area is 210 Å². The summed E-state index contributed by atoms with van der Waals surface area (Å²) in [5, 5.41) is 5.54. The molecule has 3 N–H and O–H groups in total. The quantitative estimate of drug-likeness (QED) is 0.353. The van der Waals surface area contributed by atoms with Crippen LogP contribution in [-0.4, -0.2) is 16.8 Å². The van der Waals surface area contributed by atoms with Crippen molar-refractivity contribution in [2.75, 3.05) is 10.6 Å². The van der Waals surface area contributed by atoms with E-state index in [1.165, 1.54) is 13.8 Å². The monoisotopic (exact) mass is 475 g/mol. The van der Waals surface area contributed by atoms with Crippen molar-refractivity contribution in [2.24, 2.45) is 0 Å². The Morgan fingerprint density at radius 1 is 0.667 bits per heavy atom. The van der Waals surface area contributed by atoms with Crippen LogP contribution in [0, 0.1) is 0 Å². The number of carbonyl (C=O) groups is 2. The van der Waals surface area contributed by atoms with E-state index in [9.17, 15) is 9.59 Å². The fourth-order valence-electron chi connectivity index (χ4n) is 3.58. The van der Waals surface area contributed by atoms with Crippen LogP contribution in [0.4, 0.5) is 11.4 Å². The molecular weight excluding hydrogens is 448 g/mol. The molecule has 0 unspecified atom stereocenters. The second-order valence-electron chi connectivity index (χ2n) is 8.28. The summed E-state index contributed by atoms with van der Waals surface area (Å²) in [4.78, 5) is 30.2. The van der Waals surface area contributed by atoms with Crippen molar-refractivity contribution in [1.29, 1.82) is 0 Å². The van der Waals surface area contributed by atoms with Crippen molar-refractivity contribution >= 4 is 47.5 Å². The average molecular weight is 476 g/mol. The standard InChI is InChI=1S/C30H26N4O2/c1-21(35)33-27-11-7-23(8-12-27)3-5-25-15-17-31-29(19-25)30-20-26(16-18-32-30)6-4-24-9-13-28(14-10-24)34-22(2)36/h3-20H,1-2H3,(H,33,35)(H,34,36)/p+1/b5-3+,6-4+. The Morgan fingerprint density at radius 3 is 1.69 bits per heavy atom. The Hall–Kier alpha value is -4.84. The number of carbonyl (C=O) groups excluding carboxylic acids is 2. The van der Waals surface area contributed by atoms with Gasteiger partial charge in [-0.2, -0.15) is 0 Å². The van der Waals surface area contributed by atoms with Gasteiger partial charge in [-0.05, 0) is 58.7 Å². The minimum Gasteiger partial charge on any atom is -0.326 e. The van der Waals surface area contributed by atoms with E-state index in [0.717, 1.165) is 45.0 Å². The zero-order chi connectivity index (χ0) is 25.3. The second kappa shape index (κ2) is 11.5. The first kappa shape index (κ1) is 24.3. The first-order valence-electron chi connectivity index (χ1n) is 11.5. The normalized spacial score (nSPS) is 11.1. The van der Waals surface area contributed by atoms with E-state index in [0.29, 0.717) is 0 Å². The number of aromatic amines is 1. The van der Waals surface area contributed by atoms with Gasteiger partial charge < -0.3 is 10.6 Å². The zero-order valence-corrected chi connectivity index (χ0v) is 20.2. The summed E-state index contributed by atoms with van der Waals surface area (Å²) in [5.74, 6) is -0.173. The zero-order valence-electron chi connectivity index (χ0n) is 20.2. The summed E-state index contributed by atoms with van der Waals surface area (Å²) in [5.41, 5.74) is 7.44. The molecule has 0 saturated carbocycles. The van der Waals surface area contributed by atoms with Gasteiger partial charge >= 0.3 is 0 Å². The number of amides is 2. The summed E-state index contributed by atoms with van der Waals surface area (Å²) < 4.78 is 0. The van der Waals surface area contributed by atoms with Crippen LogP contribution >= 0.6 is 0 Å². The number of nitrogens with zero attached hydrogens (tertiary/aromatic N) is 1. The number of hydrogen-bond acceptors (Lipinski definition) is 3. The predicted octanol–water partition coefficient (Wildman–Crippen LogP) is 5.82. The minimum absolute atomic E-state index is 0.0862. The minimum atomic E-state index is -0.0867. The Bertz CT molecular complexity index is 1310. The van der Waals surface area contributed by atoms with E-state index >= 15 is 0 Å². The summed E-state index contributed by atoms with van der Waals surface area (Å²) >= 11 is 0. The highest BCUT2D eigenvalue weighted by atomic mass is 16.2. The molecule has 0 atom stereocenters. The predicted molar refractivity (Wildman–Crippen MR) is 146 cm³/mol. The Kier molecular flexibility index (Phi) is 7.78. The maximum Gasteiger partial charge on any atom is 0.230 e. The average Bonchev–Trinajstić information content (AvgIpc) is 2.88. The van der Waals surface area contributed by atoms with E-state index < -0.39 is 0 Å². The molecule has 0 fully saturated rings. The van der Waals surface area contributed by atoms with Gasteiger partial charge in [-0.3, -0.25) is 9.59 Å². The highest BCUT2D eigenvalue weighted by molar-refractivity contribution is 5.89. The number of anilines is 2. The lowest BCUT2D eigenvalue weighted by Gasteiger charge is -2.02. The van der Waals surface area contributed by atoms with E-state index in [1.54, 1.807) is 6.20 Å². The van der Waals surface area contributed by atoms with Gasteiger partial charge in [0.15, 0.2) is 6.20 Å². The Morgan fingerprint density at radius 2 is 1.17 bits per heavy atom. The fourth-order valence-corrected chi connectivity index (χ4v) is 3.58. The first-order valence-corrected chi connectivity index (χ1v) is 11.5. The smallest absolute Gasteiger partial charge is 0.230 e. The van der Waals surface area contributed by atoms with Gasteiger partial charge in [0, 0.05) is 43.6 Å². The molecular formula is C30H27N4O2+. The summed E-state index contributed by atoms with van der Waals surface area (Å²) in [6.07, 6.45) is 11.8. The highest BCUT2D eigenvalue weighted by Crippen LogP contribution is 2.19. The molecule has 0 spiro atoms. The molecule has 2 amide bonds. The third-order valence-corrected chi connectivity index (χ3v) is 5.28. The van der Waals surface area contributed by atoms with E-state index in [-0.39, 0.29) is 11.8 Å². The molecule has 4 rings (SSSR count). The van der Waals surface area contributed by atoms with Gasteiger partial charge in [-0.1, -0.05) is 48.6 Å². The maximum atomic E-state index is 11.2. The van der Waals surface area contributed by atoms with Crippen molar-refractivity contribution in [3.05, 3.63) is 107 Å². The molecule has 2 aromatic heterocycles. The molecule has 2 aromatic carbocycles. The third kappa shape index (κ3) is 7.08. The van der Waals surface area contributed by atoms with Crippen molar-refractivity contribution < 1.29 is 14.6 Å². The number of rotatable bonds is 7. The number of benzene rings is 2. The van der Waals surface area contributed by atoms with Crippen molar-refractivity contribution in [3.8, 4) is 11.4 Å². The number of hydrogen-bond donors (Lipinski definition) is 2. The molecule has 0 aliphatic carbocycles. The first-order chi connectivity index (χ1) is 17.4. The summed E-state index contributed by atoms with van der Waals surface area (Å²) in [6, 6.07) is 23.4. The molecule has 0 bridgehead atoms. The lowest BCUT2D eigenvalue weighted by molar-refractivity contribution is -0.364. The number of nitrogens with one attached hydrogen (secondary N) is 3. The van der Waals surface area contributed by atoms with Crippen molar-refractivity contribution in [3.63, 3.8) is 0 Å². The van der Waals surface area contributed by atoms with Crippen molar-refractivity contribution in [2.45, 2.75) is 13.8 Å². The number of H-pyrrole nitrogens is 1. The molecule has 178 valence electrons. The van der Waals surface area contributed by atoms with Crippen LogP contribution in [0.25, 0.3) is 35.7 Å². The molecule has 2 heterocycles. The largest absolute Gasteiger partial charge is 0.326 e. The fraction of sp³-hybridized carbons (Fsp3) is 0.0667. The van der Waals surface area contributed by atoms with E-state index in [2.05, 4.69) is 26.7 Å². The lowest BCUT2D eigenvalue weighted by Crippen LogP contribution is -2.06. The van der Waals surface area contributed by atoms with Crippen LogP contribution in [0.3, 0.4) is 0 Å². The molecule has 6 nitrogen and oxygen atoms in total. The SMILES string of the molecule is CC(=O)Nc1ccc(/C=C/c2ccnc(-c3cc(/C=C/c4ccc(NC(C)=O)cc4)cc[nH+]3)c2)cc1. The topological polar surface area (TPSA) is 85.2 Å². The number of aromatic nitrogens is 2. The second-order valence-corrected chi connectivity index (χ2v) is 8.28. The molecule has 0 saturated heterocycles. The Balaban J connectivity index is 1.46. The number of pyridine rings is 2. The van der Waals surface area contributed by atoms with Crippen LogP contribution in [0.2, 0.25) is 0 Å². The van der Waals surface area contributed by atoms with Gasteiger partial charge in [0.1, 0.15) is 5.69 Å². The third-order valence-electron chi connectivity index (χ3n) is 5.28. The molecule has 4 aromatic rings. The highest BCUT2D eigenvalue weighted by Gasteiger charge is 2.08. The van der Waals surface area contributed by atoms with Gasteiger partial charge in [-0.15, -0.1) is 0 Å². The molecule has 0 radical (unpaired) electrons. The maximum absolute atomic E-state index is 11.2. The van der Waals surface area contributed by atoms with Gasteiger partial charge in [0.25, 0.3) is 0 Å². The van der Waals surface area contributed by atoms with Gasteiger partial charge in [-0.25, -0.2) is 9.97 Å². The lowest BCUT2D eigenvalue weighted by atomic mass is 10.1. The van der Waals surface area contributed by atoms with Crippen LogP contribution in [0.5, 0.6) is 0 Å². The van der Waals surface area contributed by atoms with Crippen LogP contribution in [0.15, 0.2) is 85.2 Å². The van der Waals surface area contributed by atoms with Crippen LogP contribution in [0.1, 0.15) is 36.1 Å². The molecule has 0 aliphatic rings.